The number of aromatic nitrogens is 2. The van der Waals surface area contributed by atoms with Crippen LogP contribution in [0.15, 0.2) is 62.9 Å². The minimum Gasteiger partial charge on any atom is -0.384 e. The number of nitrogens with zero attached hydrogens (tertiary/aromatic N) is 4. The number of thioether (sulfide) groups is 1. The quantitative estimate of drug-likeness (QED) is 0.314. The van der Waals surface area contributed by atoms with Crippen LogP contribution < -0.4 is 0 Å². The van der Waals surface area contributed by atoms with Gasteiger partial charge in [0.15, 0.2) is 0 Å². The molecule has 0 saturated heterocycles. The van der Waals surface area contributed by atoms with Crippen molar-refractivity contribution < 1.29 is 13.5 Å². The van der Waals surface area contributed by atoms with Crippen molar-refractivity contribution in [3.8, 4) is 11.1 Å². The zero-order valence-electron chi connectivity index (χ0n) is 21.3. The van der Waals surface area contributed by atoms with Gasteiger partial charge in [-0.3, -0.25) is 0 Å². The van der Waals surface area contributed by atoms with E-state index in [1.807, 2.05) is 37.3 Å². The number of rotatable bonds is 9. The van der Waals surface area contributed by atoms with Crippen molar-refractivity contribution in [2.24, 2.45) is 4.40 Å². The van der Waals surface area contributed by atoms with E-state index in [0.29, 0.717) is 18.5 Å². The van der Waals surface area contributed by atoms with E-state index in [2.05, 4.69) is 15.9 Å². The van der Waals surface area contributed by atoms with Crippen LogP contribution in [0.2, 0.25) is 0 Å². The lowest BCUT2D eigenvalue weighted by atomic mass is 9.98. The molecule has 0 spiro atoms. The average molecular weight is 527 g/mol. The van der Waals surface area contributed by atoms with Gasteiger partial charge in [-0.15, -0.1) is 16.2 Å². The lowest BCUT2D eigenvalue weighted by Crippen LogP contribution is -2.29. The molecule has 9 heteroatoms. The highest BCUT2D eigenvalue weighted by molar-refractivity contribution is 7.99. The van der Waals surface area contributed by atoms with Crippen molar-refractivity contribution in [3.05, 3.63) is 65.6 Å². The highest BCUT2D eigenvalue weighted by Crippen LogP contribution is 2.41. The molecule has 1 aliphatic heterocycles. The molecule has 7 nitrogen and oxygen atoms in total. The predicted octanol–water partition coefficient (Wildman–Crippen LogP) is 4.92. The van der Waals surface area contributed by atoms with Gasteiger partial charge < -0.3 is 14.6 Å². The summed E-state index contributed by atoms with van der Waals surface area (Å²) in [5.41, 5.74) is 2.48. The molecule has 1 N–H and O–H groups in total. The van der Waals surface area contributed by atoms with Crippen molar-refractivity contribution in [2.75, 3.05) is 19.8 Å². The normalized spacial score (nSPS) is 17.9. The molecule has 0 radical (unpaired) electrons. The Morgan fingerprint density at radius 1 is 1.19 bits per heavy atom. The van der Waals surface area contributed by atoms with Crippen LogP contribution in [0.1, 0.15) is 50.2 Å². The molecule has 1 unspecified atom stereocenters. The van der Waals surface area contributed by atoms with Crippen LogP contribution in [0.25, 0.3) is 11.1 Å². The van der Waals surface area contributed by atoms with Crippen LogP contribution in [-0.4, -0.2) is 54.2 Å². The Hall–Kier alpha value is -2.62. The fourth-order valence-electron chi connectivity index (χ4n) is 4.37. The minimum absolute atomic E-state index is 0.175. The molecule has 0 aliphatic carbocycles. The highest BCUT2D eigenvalue weighted by Gasteiger charge is 2.36. The van der Waals surface area contributed by atoms with Gasteiger partial charge in [0.2, 0.25) is 0 Å². The van der Waals surface area contributed by atoms with Crippen LogP contribution in [0.3, 0.4) is 0 Å². The van der Waals surface area contributed by atoms with Crippen LogP contribution in [0.4, 0.5) is 0 Å². The van der Waals surface area contributed by atoms with E-state index in [0.717, 1.165) is 52.7 Å². The Labute approximate surface area is 218 Å². The van der Waals surface area contributed by atoms with Gasteiger partial charge >= 0.3 is 0 Å². The summed E-state index contributed by atoms with van der Waals surface area (Å²) < 4.78 is 31.7. The number of imidazole rings is 1. The van der Waals surface area contributed by atoms with E-state index >= 15 is 0 Å². The fraction of sp³-hybridized carbons (Fsp3) is 0.407. The standard InChI is InChI=1S/C27H34N4O3S2/c1-5-6-11-24-29-26-25(27(2,32)16-17-35-26)31(24)18-20-12-14-21(15-13-20)22-9-7-8-10-23(22)36(33,34)28-19-30(3)4/h7-10,12-15,19,32H,5-6,11,16-18H2,1-4H3. The first-order valence-electron chi connectivity index (χ1n) is 12.2. The summed E-state index contributed by atoms with van der Waals surface area (Å²) in [5.74, 6) is 1.87. The first kappa shape index (κ1) is 26.4. The number of unbranched alkanes of at least 4 members (excludes halogenated alkanes) is 1. The number of benzene rings is 2. The third-order valence-corrected chi connectivity index (χ3v) is 8.54. The van der Waals surface area contributed by atoms with Crippen LogP contribution in [0.5, 0.6) is 0 Å². The Kier molecular flexibility index (Phi) is 7.92. The third-order valence-electron chi connectivity index (χ3n) is 6.29. The molecule has 0 amide bonds. The SMILES string of the molecule is CCCCc1nc2c(n1Cc1ccc(-c3ccccc3S(=O)(=O)N=CN(C)C)cc1)C(C)(O)CCS2. The second kappa shape index (κ2) is 10.8. The zero-order valence-corrected chi connectivity index (χ0v) is 22.9. The Balaban J connectivity index is 1.67. The third kappa shape index (κ3) is 5.68. The molecule has 4 rings (SSSR count). The van der Waals surface area contributed by atoms with E-state index in [-0.39, 0.29) is 4.90 Å². The van der Waals surface area contributed by atoms with Crippen molar-refractivity contribution >= 4 is 28.1 Å². The first-order chi connectivity index (χ1) is 17.1. The van der Waals surface area contributed by atoms with Crippen molar-refractivity contribution in [3.63, 3.8) is 0 Å². The molecule has 0 fully saturated rings. The van der Waals surface area contributed by atoms with E-state index in [9.17, 15) is 13.5 Å². The molecule has 36 heavy (non-hydrogen) atoms. The first-order valence-corrected chi connectivity index (χ1v) is 14.7. The molecular weight excluding hydrogens is 492 g/mol. The Morgan fingerprint density at radius 2 is 1.92 bits per heavy atom. The molecule has 192 valence electrons. The monoisotopic (exact) mass is 526 g/mol. The van der Waals surface area contributed by atoms with Gasteiger partial charge in [0.25, 0.3) is 10.0 Å². The van der Waals surface area contributed by atoms with Crippen molar-refractivity contribution in [1.82, 2.24) is 14.5 Å². The van der Waals surface area contributed by atoms with Crippen molar-refractivity contribution in [1.29, 1.82) is 0 Å². The molecule has 1 aliphatic rings. The minimum atomic E-state index is -3.84. The Bertz CT molecular complexity index is 1340. The lowest BCUT2D eigenvalue weighted by Gasteiger charge is -2.29. The molecule has 2 aromatic carbocycles. The van der Waals surface area contributed by atoms with Gasteiger partial charge in [-0.05, 0) is 37.0 Å². The average Bonchev–Trinajstić information content (AvgIpc) is 3.20. The van der Waals surface area contributed by atoms with Gasteiger partial charge in [0.1, 0.15) is 22.8 Å². The maximum Gasteiger partial charge on any atom is 0.284 e. The van der Waals surface area contributed by atoms with Crippen LogP contribution >= 0.6 is 11.8 Å². The lowest BCUT2D eigenvalue weighted by molar-refractivity contribution is 0.0411. The number of aliphatic hydroxyl groups is 1. The zero-order chi connectivity index (χ0) is 25.9. The number of hydrogen-bond acceptors (Lipinski definition) is 5. The van der Waals surface area contributed by atoms with E-state index in [1.54, 1.807) is 49.0 Å². The molecule has 0 bridgehead atoms. The summed E-state index contributed by atoms with van der Waals surface area (Å²) in [7, 11) is -0.380. The second-order valence-electron chi connectivity index (χ2n) is 9.60. The van der Waals surface area contributed by atoms with Gasteiger partial charge in [-0.25, -0.2) is 4.98 Å². The predicted molar refractivity (Wildman–Crippen MR) is 146 cm³/mol. The number of fused-ring (bicyclic) bond motifs is 1. The van der Waals surface area contributed by atoms with Gasteiger partial charge in [0, 0.05) is 38.4 Å². The van der Waals surface area contributed by atoms with Crippen LogP contribution in [-0.2, 0) is 28.6 Å². The summed E-state index contributed by atoms with van der Waals surface area (Å²) in [6, 6.07) is 14.8. The summed E-state index contributed by atoms with van der Waals surface area (Å²) >= 11 is 1.72. The van der Waals surface area contributed by atoms with E-state index in [1.165, 1.54) is 6.34 Å². The molecule has 3 aromatic rings. The van der Waals surface area contributed by atoms with Crippen LogP contribution in [0, 0.1) is 0 Å². The highest BCUT2D eigenvalue weighted by atomic mass is 32.2. The Morgan fingerprint density at radius 3 is 2.61 bits per heavy atom. The topological polar surface area (TPSA) is 87.8 Å². The maximum atomic E-state index is 12.9. The number of aryl methyl sites for hydroxylation is 1. The van der Waals surface area contributed by atoms with Crippen molar-refractivity contribution in [2.45, 2.75) is 61.6 Å². The summed E-state index contributed by atoms with van der Waals surface area (Å²) in [5, 5.41) is 12.1. The molecule has 2 heterocycles. The molecule has 0 saturated carbocycles. The second-order valence-corrected chi connectivity index (χ2v) is 12.3. The van der Waals surface area contributed by atoms with E-state index < -0.39 is 15.6 Å². The summed E-state index contributed by atoms with van der Waals surface area (Å²) in [4.78, 5) is 6.66. The van der Waals surface area contributed by atoms with Gasteiger partial charge in [-0.2, -0.15) is 8.42 Å². The van der Waals surface area contributed by atoms with Gasteiger partial charge in [0.05, 0.1) is 10.6 Å². The summed E-state index contributed by atoms with van der Waals surface area (Å²) in [6.07, 6.45) is 4.99. The number of sulfonamides is 1. The largest absolute Gasteiger partial charge is 0.384 e. The van der Waals surface area contributed by atoms with E-state index in [4.69, 9.17) is 4.98 Å². The number of hydrogen-bond donors (Lipinski definition) is 1. The fourth-order valence-corrected chi connectivity index (χ4v) is 6.84. The smallest absolute Gasteiger partial charge is 0.284 e. The maximum absolute atomic E-state index is 12.9. The molecule has 1 aromatic heterocycles. The molecular formula is C27H34N4O3S2. The van der Waals surface area contributed by atoms with Gasteiger partial charge in [-0.1, -0.05) is 55.8 Å². The summed E-state index contributed by atoms with van der Waals surface area (Å²) in [6.45, 7) is 4.65. The molecule has 1 atom stereocenters.